The minimum absolute atomic E-state index is 0.0167. The molecular weight excluding hydrogens is 380 g/mol. The molecule has 0 heterocycles. The highest BCUT2D eigenvalue weighted by Crippen LogP contribution is 2.42. The molecule has 2 N–H and O–H groups in total. The van der Waals surface area contributed by atoms with E-state index in [1.807, 2.05) is 36.4 Å². The van der Waals surface area contributed by atoms with Crippen LogP contribution < -0.4 is 10.6 Å². The van der Waals surface area contributed by atoms with Crippen molar-refractivity contribution in [2.45, 2.75) is 38.0 Å². The van der Waals surface area contributed by atoms with Crippen molar-refractivity contribution in [1.82, 2.24) is 0 Å². The lowest BCUT2D eigenvalue weighted by Gasteiger charge is -2.28. The summed E-state index contributed by atoms with van der Waals surface area (Å²) in [5.74, 6) is -0.118. The molecule has 0 unspecified atom stereocenters. The smallest absolute Gasteiger partial charge is 0.235 e. The van der Waals surface area contributed by atoms with Gasteiger partial charge in [0.2, 0.25) is 11.8 Å². The molecule has 0 aromatic heterocycles. The Morgan fingerprint density at radius 2 is 1.60 bits per heavy atom. The third-order valence-corrected chi connectivity index (χ3v) is 5.20. The van der Waals surface area contributed by atoms with Crippen LogP contribution in [-0.4, -0.2) is 11.8 Å². The monoisotopic (exact) mass is 400 g/mol. The molecule has 0 radical (unpaired) electrons. The van der Waals surface area contributed by atoms with Crippen LogP contribution in [0.4, 0.5) is 11.4 Å². The van der Waals surface area contributed by atoms with Crippen LogP contribution in [0.3, 0.4) is 0 Å². The van der Waals surface area contributed by atoms with Crippen molar-refractivity contribution in [3.05, 3.63) is 58.6 Å². The third kappa shape index (κ3) is 3.93. The van der Waals surface area contributed by atoms with Crippen molar-refractivity contribution in [2.24, 2.45) is 0 Å². The minimum Gasteiger partial charge on any atom is -0.326 e. The molecule has 0 aliphatic heterocycles. The van der Waals surface area contributed by atoms with Gasteiger partial charge in [0, 0.05) is 22.8 Å². The van der Waals surface area contributed by atoms with Crippen LogP contribution in [0.1, 0.15) is 38.2 Å². The summed E-state index contributed by atoms with van der Waals surface area (Å²) >= 11 is 3.51. The number of carbonyl (C=O) groups is 2. The first-order valence-electron chi connectivity index (χ1n) is 8.45. The maximum absolute atomic E-state index is 13.2. The van der Waals surface area contributed by atoms with Crippen molar-refractivity contribution >= 4 is 39.1 Å². The van der Waals surface area contributed by atoms with Crippen molar-refractivity contribution in [3.8, 4) is 0 Å². The fourth-order valence-electron chi connectivity index (χ4n) is 3.54. The van der Waals surface area contributed by atoms with Crippen molar-refractivity contribution in [2.75, 3.05) is 10.6 Å². The Labute approximate surface area is 156 Å². The zero-order valence-electron chi connectivity index (χ0n) is 14.1. The maximum Gasteiger partial charge on any atom is 0.235 e. The molecule has 1 aliphatic rings. The Morgan fingerprint density at radius 1 is 0.960 bits per heavy atom. The van der Waals surface area contributed by atoms with Crippen LogP contribution in [0, 0.1) is 0 Å². The quantitative estimate of drug-likeness (QED) is 0.769. The average molecular weight is 401 g/mol. The van der Waals surface area contributed by atoms with Crippen LogP contribution >= 0.6 is 15.9 Å². The Hall–Kier alpha value is -2.14. The lowest BCUT2D eigenvalue weighted by Crippen LogP contribution is -2.38. The third-order valence-electron chi connectivity index (χ3n) is 4.71. The van der Waals surface area contributed by atoms with E-state index in [2.05, 4.69) is 26.6 Å². The maximum atomic E-state index is 13.2. The number of hydrogen-bond acceptors (Lipinski definition) is 2. The van der Waals surface area contributed by atoms with Crippen molar-refractivity contribution in [1.29, 1.82) is 0 Å². The summed E-state index contributed by atoms with van der Waals surface area (Å²) in [6.07, 6.45) is 3.79. The van der Waals surface area contributed by atoms with E-state index in [0.29, 0.717) is 11.4 Å². The molecule has 1 saturated carbocycles. The van der Waals surface area contributed by atoms with Gasteiger partial charge in [-0.2, -0.15) is 0 Å². The number of rotatable bonds is 4. The second kappa shape index (κ2) is 7.40. The fourth-order valence-corrected chi connectivity index (χ4v) is 3.94. The number of halogens is 1. The first-order valence-corrected chi connectivity index (χ1v) is 9.24. The summed E-state index contributed by atoms with van der Waals surface area (Å²) in [4.78, 5) is 24.4. The van der Waals surface area contributed by atoms with Gasteiger partial charge in [0.25, 0.3) is 0 Å². The molecule has 1 fully saturated rings. The molecule has 0 bridgehead atoms. The first kappa shape index (κ1) is 17.7. The molecule has 130 valence electrons. The van der Waals surface area contributed by atoms with E-state index in [-0.39, 0.29) is 11.8 Å². The highest BCUT2D eigenvalue weighted by Gasteiger charge is 2.42. The number of carbonyl (C=O) groups excluding carboxylic acids is 2. The SMILES string of the molecule is CC(=O)Nc1cccc(NC(=O)C2(c3cccc(Br)c3)CCCC2)c1. The lowest BCUT2D eigenvalue weighted by atomic mass is 9.78. The van der Waals surface area contributed by atoms with Crippen LogP contribution in [0.25, 0.3) is 0 Å². The van der Waals surface area contributed by atoms with Gasteiger partial charge in [0.15, 0.2) is 0 Å². The molecule has 5 heteroatoms. The highest BCUT2D eigenvalue weighted by atomic mass is 79.9. The molecule has 3 rings (SSSR count). The minimum atomic E-state index is -0.492. The van der Waals surface area contributed by atoms with Gasteiger partial charge in [-0.25, -0.2) is 0 Å². The summed E-state index contributed by atoms with van der Waals surface area (Å²) in [6, 6.07) is 15.3. The number of benzene rings is 2. The normalized spacial score (nSPS) is 15.6. The number of amides is 2. The summed E-state index contributed by atoms with van der Waals surface area (Å²) in [7, 11) is 0. The largest absolute Gasteiger partial charge is 0.326 e. The van der Waals surface area contributed by atoms with Crippen molar-refractivity contribution < 1.29 is 9.59 Å². The number of anilines is 2. The second-order valence-electron chi connectivity index (χ2n) is 6.52. The van der Waals surface area contributed by atoms with Crippen LogP contribution in [0.5, 0.6) is 0 Å². The van der Waals surface area contributed by atoms with Crippen LogP contribution in [0.15, 0.2) is 53.0 Å². The average Bonchev–Trinajstić information content (AvgIpc) is 3.05. The molecular formula is C20H21BrN2O2. The van der Waals surface area contributed by atoms with Gasteiger partial charge in [0.1, 0.15) is 0 Å². The van der Waals surface area contributed by atoms with Gasteiger partial charge in [-0.05, 0) is 48.7 Å². The van der Waals surface area contributed by atoms with Gasteiger partial charge >= 0.3 is 0 Å². The predicted octanol–water partition coefficient (Wildman–Crippen LogP) is 4.86. The lowest BCUT2D eigenvalue weighted by molar-refractivity contribution is -0.121. The molecule has 0 atom stereocenters. The van der Waals surface area contributed by atoms with E-state index < -0.39 is 5.41 Å². The van der Waals surface area contributed by atoms with E-state index in [1.54, 1.807) is 12.1 Å². The van der Waals surface area contributed by atoms with E-state index in [4.69, 9.17) is 0 Å². The summed E-state index contributed by atoms with van der Waals surface area (Å²) in [6.45, 7) is 1.46. The Balaban J connectivity index is 1.86. The summed E-state index contributed by atoms with van der Waals surface area (Å²) in [5, 5.41) is 5.79. The number of hydrogen-bond donors (Lipinski definition) is 2. The molecule has 0 saturated heterocycles. The second-order valence-corrected chi connectivity index (χ2v) is 7.43. The summed E-state index contributed by atoms with van der Waals surface area (Å²) in [5.41, 5.74) is 1.92. The van der Waals surface area contributed by atoms with E-state index in [0.717, 1.165) is 35.7 Å². The molecule has 4 nitrogen and oxygen atoms in total. The summed E-state index contributed by atoms with van der Waals surface area (Å²) < 4.78 is 0.983. The van der Waals surface area contributed by atoms with Gasteiger partial charge in [-0.3, -0.25) is 9.59 Å². The van der Waals surface area contributed by atoms with E-state index >= 15 is 0 Å². The van der Waals surface area contributed by atoms with Crippen LogP contribution in [0.2, 0.25) is 0 Å². The first-order chi connectivity index (χ1) is 12.0. The zero-order chi connectivity index (χ0) is 17.9. The molecule has 2 aromatic carbocycles. The van der Waals surface area contributed by atoms with Gasteiger partial charge in [-0.15, -0.1) is 0 Å². The van der Waals surface area contributed by atoms with Gasteiger partial charge in [-0.1, -0.05) is 47.0 Å². The van der Waals surface area contributed by atoms with Gasteiger partial charge < -0.3 is 10.6 Å². The standard InChI is InChI=1S/C20H21BrN2O2/c1-14(24)22-17-8-5-9-18(13-17)23-19(25)20(10-2-3-11-20)15-6-4-7-16(21)12-15/h4-9,12-13H,2-3,10-11H2,1H3,(H,22,24)(H,23,25). The molecule has 2 amide bonds. The van der Waals surface area contributed by atoms with Gasteiger partial charge in [0.05, 0.1) is 5.41 Å². The Kier molecular flexibility index (Phi) is 5.23. The molecule has 0 spiro atoms. The Morgan fingerprint density at radius 3 is 2.24 bits per heavy atom. The van der Waals surface area contributed by atoms with E-state index in [1.165, 1.54) is 6.92 Å². The molecule has 25 heavy (non-hydrogen) atoms. The zero-order valence-corrected chi connectivity index (χ0v) is 15.7. The van der Waals surface area contributed by atoms with E-state index in [9.17, 15) is 9.59 Å². The topological polar surface area (TPSA) is 58.2 Å². The van der Waals surface area contributed by atoms with Crippen molar-refractivity contribution in [3.63, 3.8) is 0 Å². The molecule has 1 aliphatic carbocycles. The number of nitrogens with one attached hydrogen (secondary N) is 2. The molecule has 2 aromatic rings. The predicted molar refractivity (Wildman–Crippen MR) is 104 cm³/mol. The van der Waals surface area contributed by atoms with Crippen LogP contribution in [-0.2, 0) is 15.0 Å². The highest BCUT2D eigenvalue weighted by molar-refractivity contribution is 9.10. The Bertz CT molecular complexity index is 798. The fraction of sp³-hybridized carbons (Fsp3) is 0.300.